The summed E-state index contributed by atoms with van der Waals surface area (Å²) in [6.45, 7) is 3.34. The fraction of sp³-hybridized carbons (Fsp3) is 0.400. The third-order valence-corrected chi connectivity index (χ3v) is 7.04. The molecular formula is C25H28N6O2. The third-order valence-electron chi connectivity index (χ3n) is 7.04. The molecule has 0 unspecified atom stereocenters. The first kappa shape index (κ1) is 20.4. The summed E-state index contributed by atoms with van der Waals surface area (Å²) in [5.41, 5.74) is 4.55. The summed E-state index contributed by atoms with van der Waals surface area (Å²) in [7, 11) is 4.24. The van der Waals surface area contributed by atoms with Crippen molar-refractivity contribution in [3.05, 3.63) is 53.2 Å². The van der Waals surface area contributed by atoms with Crippen LogP contribution in [0.2, 0.25) is 0 Å². The van der Waals surface area contributed by atoms with Crippen LogP contribution >= 0.6 is 0 Å². The zero-order chi connectivity index (χ0) is 22.5. The smallest absolute Gasteiger partial charge is 0.326 e. The average Bonchev–Trinajstić information content (AvgIpc) is 3.15. The summed E-state index contributed by atoms with van der Waals surface area (Å²) in [5, 5.41) is 0.967. The van der Waals surface area contributed by atoms with Gasteiger partial charge in [0, 0.05) is 42.9 Å². The van der Waals surface area contributed by atoms with Crippen LogP contribution < -0.4 is 10.6 Å². The van der Waals surface area contributed by atoms with Crippen LogP contribution in [0.15, 0.2) is 47.5 Å². The van der Waals surface area contributed by atoms with Crippen LogP contribution in [0.3, 0.4) is 0 Å². The van der Waals surface area contributed by atoms with E-state index in [4.69, 9.17) is 9.72 Å². The van der Waals surface area contributed by atoms with Crippen molar-refractivity contribution >= 4 is 27.8 Å². The topological polar surface area (TPSA) is 79.3 Å². The Morgan fingerprint density at radius 1 is 1.09 bits per heavy atom. The van der Waals surface area contributed by atoms with Gasteiger partial charge in [-0.3, -0.25) is 9.55 Å². The van der Waals surface area contributed by atoms with E-state index in [1.807, 2.05) is 16.8 Å². The number of pyridine rings is 2. The lowest BCUT2D eigenvalue weighted by Gasteiger charge is -2.43. The highest BCUT2D eigenvalue weighted by atomic mass is 16.5. The van der Waals surface area contributed by atoms with Crippen LogP contribution in [-0.2, 0) is 4.74 Å². The zero-order valence-electron chi connectivity index (χ0n) is 19.0. The minimum Gasteiger partial charge on any atom is -0.379 e. The van der Waals surface area contributed by atoms with Gasteiger partial charge in [0.05, 0.1) is 35.4 Å². The molecule has 2 saturated heterocycles. The number of fused-ring (bicyclic) bond motifs is 3. The number of aromatic nitrogens is 4. The third kappa shape index (κ3) is 3.50. The minimum atomic E-state index is -0.100. The van der Waals surface area contributed by atoms with Gasteiger partial charge in [0.1, 0.15) is 5.82 Å². The van der Waals surface area contributed by atoms with E-state index in [0.717, 1.165) is 71.4 Å². The van der Waals surface area contributed by atoms with Gasteiger partial charge in [-0.1, -0.05) is 6.07 Å². The van der Waals surface area contributed by atoms with Gasteiger partial charge in [-0.25, -0.2) is 9.78 Å². The molecule has 0 spiro atoms. The maximum atomic E-state index is 12.8. The van der Waals surface area contributed by atoms with Crippen LogP contribution in [0.25, 0.3) is 33.1 Å². The van der Waals surface area contributed by atoms with Gasteiger partial charge in [-0.2, -0.15) is 0 Å². The molecule has 0 saturated carbocycles. The first-order valence-electron chi connectivity index (χ1n) is 11.6. The van der Waals surface area contributed by atoms with E-state index >= 15 is 0 Å². The fourth-order valence-electron chi connectivity index (χ4n) is 4.97. The van der Waals surface area contributed by atoms with Crippen LogP contribution in [0, 0.1) is 0 Å². The Kier molecular flexibility index (Phi) is 4.92. The van der Waals surface area contributed by atoms with E-state index in [-0.39, 0.29) is 11.7 Å². The van der Waals surface area contributed by atoms with Gasteiger partial charge in [-0.15, -0.1) is 0 Å². The minimum absolute atomic E-state index is 0.0396. The predicted octanol–water partition coefficient (Wildman–Crippen LogP) is 3.04. The summed E-state index contributed by atoms with van der Waals surface area (Å²) < 4.78 is 7.54. The largest absolute Gasteiger partial charge is 0.379 e. The summed E-state index contributed by atoms with van der Waals surface area (Å²) in [5.74, 6) is 1.01. The Morgan fingerprint density at radius 2 is 1.94 bits per heavy atom. The van der Waals surface area contributed by atoms with Crippen LogP contribution in [-0.4, -0.2) is 70.9 Å². The number of hydrogen-bond acceptors (Lipinski definition) is 6. The Balaban J connectivity index is 1.38. The Bertz CT molecular complexity index is 1360. The number of ether oxygens (including phenoxy) is 1. The van der Waals surface area contributed by atoms with E-state index < -0.39 is 0 Å². The molecule has 170 valence electrons. The molecule has 8 nitrogen and oxygen atoms in total. The Morgan fingerprint density at radius 3 is 2.67 bits per heavy atom. The second-order valence-electron chi connectivity index (χ2n) is 9.35. The highest BCUT2D eigenvalue weighted by molar-refractivity contribution is 6.03. The number of hydrogen-bond donors (Lipinski definition) is 1. The van der Waals surface area contributed by atoms with Crippen molar-refractivity contribution in [2.24, 2.45) is 0 Å². The standard InChI is InChI=1S/C25H28N6O2/c1-29(2)19-13-30(14-19)23-8-6-17(11-27-23)16-5-7-21-20(10-16)24-22(12-26-21)28-25(32)31(24)18-4-3-9-33-15-18/h5-8,10-12,18-19H,3-4,9,13-15H2,1-2H3,(H,28,32)/t18-/m0/s1. The summed E-state index contributed by atoms with van der Waals surface area (Å²) in [4.78, 5) is 29.7. The highest BCUT2D eigenvalue weighted by Crippen LogP contribution is 2.31. The van der Waals surface area contributed by atoms with E-state index in [0.29, 0.717) is 12.6 Å². The first-order chi connectivity index (χ1) is 16.1. The average molecular weight is 445 g/mol. The Labute approximate surface area is 191 Å². The molecule has 2 aliphatic rings. The molecule has 6 rings (SSSR count). The molecular weight excluding hydrogens is 416 g/mol. The fourth-order valence-corrected chi connectivity index (χ4v) is 4.97. The Hall–Kier alpha value is -3.23. The predicted molar refractivity (Wildman–Crippen MR) is 130 cm³/mol. The van der Waals surface area contributed by atoms with Crippen LogP contribution in [0.1, 0.15) is 18.9 Å². The van der Waals surface area contributed by atoms with E-state index in [9.17, 15) is 4.79 Å². The number of likely N-dealkylation sites (N-methyl/N-ethyl adjacent to an activating group) is 1. The van der Waals surface area contributed by atoms with Crippen LogP contribution in [0.5, 0.6) is 0 Å². The van der Waals surface area contributed by atoms with Gasteiger partial charge in [0.15, 0.2) is 0 Å². The molecule has 1 atom stereocenters. The van der Waals surface area contributed by atoms with Crippen molar-refractivity contribution in [3.8, 4) is 11.1 Å². The first-order valence-corrected chi connectivity index (χ1v) is 11.6. The number of nitrogens with zero attached hydrogens (tertiary/aromatic N) is 5. The monoisotopic (exact) mass is 444 g/mol. The van der Waals surface area contributed by atoms with Gasteiger partial charge in [0.25, 0.3) is 0 Å². The number of aromatic amines is 1. The molecule has 5 heterocycles. The molecule has 8 heteroatoms. The maximum Gasteiger partial charge on any atom is 0.326 e. The van der Waals surface area contributed by atoms with Crippen LogP contribution in [0.4, 0.5) is 5.82 Å². The van der Waals surface area contributed by atoms with Crippen molar-refractivity contribution in [2.75, 3.05) is 45.3 Å². The molecule has 2 aliphatic heterocycles. The molecule has 3 aromatic heterocycles. The summed E-state index contributed by atoms with van der Waals surface area (Å²) >= 11 is 0. The molecule has 0 radical (unpaired) electrons. The lowest BCUT2D eigenvalue weighted by atomic mass is 10.0. The lowest BCUT2D eigenvalue weighted by Crippen LogP contribution is -2.57. The van der Waals surface area contributed by atoms with Gasteiger partial charge < -0.3 is 19.5 Å². The molecule has 0 amide bonds. The van der Waals surface area contributed by atoms with Crippen molar-refractivity contribution in [1.82, 2.24) is 24.4 Å². The van der Waals surface area contributed by atoms with Crippen molar-refractivity contribution in [3.63, 3.8) is 0 Å². The van der Waals surface area contributed by atoms with Crippen molar-refractivity contribution in [2.45, 2.75) is 24.9 Å². The summed E-state index contributed by atoms with van der Waals surface area (Å²) in [6, 6.07) is 11.1. The SMILES string of the molecule is CN(C)C1CN(c2ccc(-c3ccc4ncc5[nH]c(=O)n([C@H]6CCCOC6)c5c4c3)cn2)C1. The normalized spacial score (nSPS) is 19.5. The summed E-state index contributed by atoms with van der Waals surface area (Å²) in [6.07, 6.45) is 5.59. The second-order valence-corrected chi connectivity index (χ2v) is 9.35. The highest BCUT2D eigenvalue weighted by Gasteiger charge is 2.29. The molecule has 0 bridgehead atoms. The molecule has 1 N–H and O–H groups in total. The van der Waals surface area contributed by atoms with Gasteiger partial charge in [-0.05, 0) is 56.8 Å². The number of benzene rings is 1. The van der Waals surface area contributed by atoms with Crippen molar-refractivity contribution < 1.29 is 4.74 Å². The number of imidazole rings is 1. The molecule has 2 fully saturated rings. The second kappa shape index (κ2) is 7.97. The van der Waals surface area contributed by atoms with Gasteiger partial charge >= 0.3 is 5.69 Å². The van der Waals surface area contributed by atoms with E-state index in [1.165, 1.54) is 0 Å². The number of rotatable bonds is 4. The van der Waals surface area contributed by atoms with Crippen molar-refractivity contribution in [1.29, 1.82) is 0 Å². The van der Waals surface area contributed by atoms with E-state index in [2.05, 4.69) is 58.1 Å². The maximum absolute atomic E-state index is 12.8. The molecule has 33 heavy (non-hydrogen) atoms. The van der Waals surface area contributed by atoms with E-state index in [1.54, 1.807) is 6.20 Å². The lowest BCUT2D eigenvalue weighted by molar-refractivity contribution is 0.0595. The molecule has 0 aliphatic carbocycles. The molecule has 1 aromatic carbocycles. The zero-order valence-corrected chi connectivity index (χ0v) is 19.0. The van der Waals surface area contributed by atoms with Gasteiger partial charge in [0.2, 0.25) is 0 Å². The number of H-pyrrole nitrogens is 1. The number of nitrogens with one attached hydrogen (secondary N) is 1. The quantitative estimate of drug-likeness (QED) is 0.521. The number of anilines is 1. The molecule has 4 aromatic rings.